The lowest BCUT2D eigenvalue weighted by Gasteiger charge is -2.27. The zero-order valence-electron chi connectivity index (χ0n) is 37.3. The van der Waals surface area contributed by atoms with Gasteiger partial charge < -0.3 is 61.1 Å². The standard InChI is InChI=1S/C42H63N7O15S/c1-27(2)37(40(57)47-31(6-5-16-44-42(43)59)38(55)45-30-9-7-29(8-10-30)26-64-41(58)28(3)65-4)48-39(56)32(11-14-36(53)54)46-33(50)15-18-60-20-22-62-24-25-63-23-21-61-19-17-49-34(51)12-13-35(49)52/h7-10,12-13,27-28,31-32,37H,5-6,11,14-26H2,1-4H3,(H,45,55)(H,46,50)(H,47,57)(H,48,56)(H,53,54)(H3,43,44,59)/t28?,31-,32-,37-/m0/s1. The second-order valence-electron chi connectivity index (χ2n) is 14.8. The number of thioether (sulfide) groups is 1. The number of amides is 8. The first kappa shape index (κ1) is 55.5. The minimum atomic E-state index is -1.32. The molecule has 8 N–H and O–H groups in total. The number of hydrogen-bond donors (Lipinski definition) is 7. The Morgan fingerprint density at radius 1 is 0.723 bits per heavy atom. The first-order valence-electron chi connectivity index (χ1n) is 21.1. The number of urea groups is 1. The summed E-state index contributed by atoms with van der Waals surface area (Å²) in [7, 11) is 0. The van der Waals surface area contributed by atoms with Gasteiger partial charge >= 0.3 is 18.0 Å². The number of hydrogen-bond acceptors (Lipinski definition) is 15. The summed E-state index contributed by atoms with van der Waals surface area (Å²) in [4.78, 5) is 112. The number of carboxylic acids is 1. The summed E-state index contributed by atoms with van der Waals surface area (Å²) in [5.41, 5.74) is 6.23. The lowest BCUT2D eigenvalue weighted by Crippen LogP contribution is -2.58. The van der Waals surface area contributed by atoms with Crippen LogP contribution in [0.4, 0.5) is 10.5 Å². The molecular formula is C42H63N7O15S. The minimum Gasteiger partial charge on any atom is -0.481 e. The second kappa shape index (κ2) is 31.3. The number of anilines is 1. The van der Waals surface area contributed by atoms with Gasteiger partial charge in [0.2, 0.25) is 23.6 Å². The molecule has 65 heavy (non-hydrogen) atoms. The molecule has 22 nitrogen and oxygen atoms in total. The number of rotatable bonds is 34. The van der Waals surface area contributed by atoms with Crippen LogP contribution >= 0.6 is 11.8 Å². The zero-order valence-corrected chi connectivity index (χ0v) is 38.1. The number of benzene rings is 1. The van der Waals surface area contributed by atoms with Gasteiger partial charge in [-0.25, -0.2) is 4.79 Å². The highest BCUT2D eigenvalue weighted by Gasteiger charge is 2.32. The highest BCUT2D eigenvalue weighted by Crippen LogP contribution is 2.15. The van der Waals surface area contributed by atoms with E-state index >= 15 is 0 Å². The smallest absolute Gasteiger partial charge is 0.319 e. The van der Waals surface area contributed by atoms with Crippen LogP contribution < -0.4 is 32.3 Å². The molecule has 1 aliphatic heterocycles. The Balaban J connectivity index is 1.86. The first-order valence-corrected chi connectivity index (χ1v) is 22.4. The summed E-state index contributed by atoms with van der Waals surface area (Å²) < 4.78 is 26.9. The van der Waals surface area contributed by atoms with E-state index in [1.54, 1.807) is 51.3 Å². The molecule has 23 heteroatoms. The van der Waals surface area contributed by atoms with Crippen LogP contribution in [0, 0.1) is 5.92 Å². The van der Waals surface area contributed by atoms with E-state index < -0.39 is 66.1 Å². The van der Waals surface area contributed by atoms with Crippen LogP contribution in [0.15, 0.2) is 36.4 Å². The average molecular weight is 938 g/mol. The largest absolute Gasteiger partial charge is 0.481 e. The van der Waals surface area contributed by atoms with Crippen LogP contribution in [0.1, 0.15) is 58.4 Å². The normalized spacial score (nSPS) is 14.0. The molecular weight excluding hydrogens is 875 g/mol. The molecule has 1 heterocycles. The molecule has 2 rings (SSSR count). The maximum absolute atomic E-state index is 13.7. The summed E-state index contributed by atoms with van der Waals surface area (Å²) in [6, 6.07) is 2.09. The van der Waals surface area contributed by atoms with Crippen molar-refractivity contribution in [2.24, 2.45) is 11.7 Å². The number of nitrogens with one attached hydrogen (secondary N) is 5. The van der Waals surface area contributed by atoms with E-state index in [4.69, 9.17) is 29.4 Å². The van der Waals surface area contributed by atoms with Crippen molar-refractivity contribution in [1.29, 1.82) is 0 Å². The minimum absolute atomic E-state index is 0.0340. The first-order chi connectivity index (χ1) is 31.0. The summed E-state index contributed by atoms with van der Waals surface area (Å²) in [5, 5.41) is 21.9. The zero-order chi connectivity index (χ0) is 48.1. The molecule has 0 radical (unpaired) electrons. The lowest BCUT2D eigenvalue weighted by molar-refractivity contribution is -0.144. The fourth-order valence-electron chi connectivity index (χ4n) is 5.66. The Morgan fingerprint density at radius 2 is 1.29 bits per heavy atom. The third-order valence-electron chi connectivity index (χ3n) is 9.38. The Hall–Kier alpha value is -5.62. The number of primary amides is 1. The summed E-state index contributed by atoms with van der Waals surface area (Å²) in [6.07, 6.45) is 3.60. The molecule has 1 aliphatic rings. The molecule has 0 aliphatic carbocycles. The van der Waals surface area contributed by atoms with Crippen molar-refractivity contribution in [1.82, 2.24) is 26.2 Å². The predicted octanol–water partition coefficient (Wildman–Crippen LogP) is 0.225. The van der Waals surface area contributed by atoms with Crippen LogP contribution in [0.5, 0.6) is 0 Å². The Labute approximate surface area is 382 Å². The highest BCUT2D eigenvalue weighted by molar-refractivity contribution is 7.99. The van der Waals surface area contributed by atoms with Crippen molar-refractivity contribution in [2.75, 3.05) is 77.5 Å². The van der Waals surface area contributed by atoms with Crippen molar-refractivity contribution in [2.45, 2.75) is 82.9 Å². The van der Waals surface area contributed by atoms with E-state index in [9.17, 15) is 48.3 Å². The van der Waals surface area contributed by atoms with Gasteiger partial charge in [0.25, 0.3) is 11.8 Å². The fourth-order valence-corrected chi connectivity index (χ4v) is 5.92. The van der Waals surface area contributed by atoms with Gasteiger partial charge in [-0.1, -0.05) is 26.0 Å². The van der Waals surface area contributed by atoms with Gasteiger partial charge in [-0.3, -0.25) is 43.3 Å². The Kier molecular flexibility index (Phi) is 26.7. The third kappa shape index (κ3) is 23.2. The monoisotopic (exact) mass is 937 g/mol. The second-order valence-corrected chi connectivity index (χ2v) is 16.0. The molecule has 0 spiro atoms. The van der Waals surface area contributed by atoms with Crippen molar-refractivity contribution in [3.05, 3.63) is 42.0 Å². The van der Waals surface area contributed by atoms with Gasteiger partial charge in [0.1, 0.15) is 24.7 Å². The van der Waals surface area contributed by atoms with Gasteiger partial charge in [-0.2, -0.15) is 11.8 Å². The van der Waals surface area contributed by atoms with Crippen LogP contribution in [0.25, 0.3) is 0 Å². The van der Waals surface area contributed by atoms with Crippen LogP contribution in [0.2, 0.25) is 0 Å². The number of nitrogens with zero attached hydrogens (tertiary/aromatic N) is 1. The lowest BCUT2D eigenvalue weighted by atomic mass is 10.0. The summed E-state index contributed by atoms with van der Waals surface area (Å²) in [5.74, 6) is -5.58. The molecule has 1 aromatic carbocycles. The maximum atomic E-state index is 13.7. The van der Waals surface area contributed by atoms with Gasteiger partial charge in [-0.05, 0) is 56.1 Å². The number of carbonyl (C=O) groups is 9. The number of esters is 1. The van der Waals surface area contributed by atoms with Gasteiger partial charge in [-0.15, -0.1) is 0 Å². The van der Waals surface area contributed by atoms with Crippen LogP contribution in [-0.4, -0.2) is 159 Å². The van der Waals surface area contributed by atoms with Crippen molar-refractivity contribution in [3.8, 4) is 0 Å². The third-order valence-corrected chi connectivity index (χ3v) is 10.3. The number of ether oxygens (including phenoxy) is 5. The highest BCUT2D eigenvalue weighted by atomic mass is 32.2. The molecule has 0 bridgehead atoms. The van der Waals surface area contributed by atoms with Gasteiger partial charge in [0.15, 0.2) is 0 Å². The van der Waals surface area contributed by atoms with Crippen molar-refractivity contribution >= 4 is 70.9 Å². The Bertz CT molecular complexity index is 1750. The molecule has 4 atom stereocenters. The van der Waals surface area contributed by atoms with Crippen LogP contribution in [-0.2, 0) is 68.6 Å². The topological polar surface area (TPSA) is 309 Å². The average Bonchev–Trinajstić information content (AvgIpc) is 3.59. The number of imide groups is 1. The number of aliphatic carboxylic acids is 1. The number of nitrogens with two attached hydrogens (primary N) is 1. The van der Waals surface area contributed by atoms with E-state index in [0.29, 0.717) is 11.3 Å². The van der Waals surface area contributed by atoms with E-state index in [1.165, 1.54) is 23.9 Å². The number of carboxylic acid groups (broad SMARTS) is 1. The molecule has 8 amide bonds. The molecule has 0 fully saturated rings. The van der Waals surface area contributed by atoms with Crippen molar-refractivity contribution in [3.63, 3.8) is 0 Å². The van der Waals surface area contributed by atoms with E-state index in [1.807, 2.05) is 0 Å². The van der Waals surface area contributed by atoms with Gasteiger partial charge in [0.05, 0.1) is 64.6 Å². The molecule has 1 unspecified atom stereocenters. The molecule has 1 aromatic rings. The summed E-state index contributed by atoms with van der Waals surface area (Å²) in [6.45, 7) is 6.93. The molecule has 0 saturated heterocycles. The molecule has 362 valence electrons. The quantitative estimate of drug-likeness (QED) is 0.0276. The SMILES string of the molecule is CSC(C)C(=O)OCc1ccc(NC(=O)[C@H](CCCNC(N)=O)NC(=O)[C@@H](NC(=O)[C@H](CCC(=O)O)NC(=O)CCOCCOCCOCCOCCN2C(=O)C=CC2=O)C(C)C)cc1. The maximum Gasteiger partial charge on any atom is 0.319 e. The van der Waals surface area contributed by atoms with E-state index in [-0.39, 0.29) is 121 Å². The van der Waals surface area contributed by atoms with Gasteiger partial charge in [0, 0.05) is 37.2 Å². The predicted molar refractivity (Wildman–Crippen MR) is 236 cm³/mol. The van der Waals surface area contributed by atoms with Crippen molar-refractivity contribution < 1.29 is 71.9 Å². The molecule has 0 aromatic heterocycles. The van der Waals surface area contributed by atoms with E-state index in [0.717, 1.165) is 4.90 Å². The fraction of sp³-hybridized carbons (Fsp3) is 0.595. The Morgan fingerprint density at radius 3 is 1.85 bits per heavy atom. The number of carbonyl (C=O) groups excluding carboxylic acids is 8. The van der Waals surface area contributed by atoms with E-state index in [2.05, 4.69) is 26.6 Å². The molecule has 0 saturated carbocycles. The van der Waals surface area contributed by atoms with Crippen LogP contribution in [0.3, 0.4) is 0 Å². The summed E-state index contributed by atoms with van der Waals surface area (Å²) >= 11 is 1.36.